The molecule has 206 valence electrons. The lowest BCUT2D eigenvalue weighted by atomic mass is 10.0. The van der Waals surface area contributed by atoms with E-state index in [1.54, 1.807) is 0 Å². The summed E-state index contributed by atoms with van der Waals surface area (Å²) in [4.78, 5) is 8.45. The van der Waals surface area contributed by atoms with Crippen LogP contribution < -0.4 is 38.8 Å². The summed E-state index contributed by atoms with van der Waals surface area (Å²) in [5.41, 5.74) is 4.90. The van der Waals surface area contributed by atoms with E-state index in [-0.39, 0.29) is 24.0 Å². The fourth-order valence-corrected chi connectivity index (χ4v) is 6.11. The van der Waals surface area contributed by atoms with Crippen molar-refractivity contribution in [2.45, 2.75) is 103 Å². The molecule has 0 saturated carbocycles. The van der Waals surface area contributed by atoms with E-state index in [0.717, 1.165) is 17.6 Å². The SMILES string of the molecule is CCCCCCCCCCCCCCCCc1cc2nc3ccc(N(C)C)cc3sc-2cc1=[N+](C)C.[I-]. The van der Waals surface area contributed by atoms with E-state index in [1.165, 1.54) is 116 Å². The van der Waals surface area contributed by atoms with E-state index in [1.807, 2.05) is 11.3 Å². The van der Waals surface area contributed by atoms with Crippen LogP contribution in [0, 0.1) is 0 Å². The van der Waals surface area contributed by atoms with Gasteiger partial charge in [-0.25, -0.2) is 9.56 Å². The first-order chi connectivity index (χ1) is 17.5. The number of fused-ring (bicyclic) bond motifs is 2. The van der Waals surface area contributed by atoms with Crippen molar-refractivity contribution in [1.29, 1.82) is 0 Å². The Hall–Kier alpha value is -1.21. The number of aromatic nitrogens is 1. The van der Waals surface area contributed by atoms with Gasteiger partial charge >= 0.3 is 0 Å². The lowest BCUT2D eigenvalue weighted by Crippen LogP contribution is -3.00. The molecule has 0 unspecified atom stereocenters. The van der Waals surface area contributed by atoms with Gasteiger partial charge in [-0.2, -0.15) is 0 Å². The van der Waals surface area contributed by atoms with Crippen LogP contribution in [0.2, 0.25) is 0 Å². The molecule has 1 aromatic carbocycles. The van der Waals surface area contributed by atoms with E-state index in [2.05, 4.69) is 74.9 Å². The first-order valence-electron chi connectivity index (χ1n) is 14.5. The van der Waals surface area contributed by atoms with Gasteiger partial charge < -0.3 is 28.9 Å². The van der Waals surface area contributed by atoms with Gasteiger partial charge in [0.25, 0.3) is 0 Å². The average molecular weight is 636 g/mol. The Kier molecular flexibility index (Phi) is 15.0. The lowest BCUT2D eigenvalue weighted by molar-refractivity contribution is -0.00000768. The highest BCUT2D eigenvalue weighted by atomic mass is 127. The highest BCUT2D eigenvalue weighted by Crippen LogP contribution is 2.32. The molecule has 1 aromatic rings. The van der Waals surface area contributed by atoms with Crippen molar-refractivity contribution in [1.82, 2.24) is 9.56 Å². The predicted octanol–water partition coefficient (Wildman–Crippen LogP) is 5.53. The Morgan fingerprint density at radius 2 is 1.32 bits per heavy atom. The Bertz CT molecular complexity index is 1100. The number of aryl methyl sites for hydroxylation is 1. The van der Waals surface area contributed by atoms with E-state index in [9.17, 15) is 0 Å². The Labute approximate surface area is 247 Å². The van der Waals surface area contributed by atoms with Gasteiger partial charge in [0.1, 0.15) is 14.1 Å². The van der Waals surface area contributed by atoms with E-state index in [4.69, 9.17) is 4.98 Å². The topological polar surface area (TPSA) is 19.1 Å². The van der Waals surface area contributed by atoms with Gasteiger partial charge in [0.2, 0.25) is 5.36 Å². The maximum absolute atomic E-state index is 5.03. The van der Waals surface area contributed by atoms with Crippen molar-refractivity contribution in [2.75, 3.05) is 33.1 Å². The van der Waals surface area contributed by atoms with Gasteiger partial charge in [-0.3, -0.25) is 0 Å². The smallest absolute Gasteiger partial charge is 0.204 e. The van der Waals surface area contributed by atoms with Gasteiger partial charge in [-0.05, 0) is 37.1 Å². The van der Waals surface area contributed by atoms with Crippen molar-refractivity contribution in [3.63, 3.8) is 0 Å². The molecule has 0 radical (unpaired) electrons. The van der Waals surface area contributed by atoms with Crippen molar-refractivity contribution in [3.8, 4) is 10.6 Å². The van der Waals surface area contributed by atoms with Crippen LogP contribution in [-0.4, -0.2) is 33.2 Å². The zero-order valence-electron chi connectivity index (χ0n) is 24.1. The summed E-state index contributed by atoms with van der Waals surface area (Å²) >= 11 is 1.86. The Morgan fingerprint density at radius 3 is 1.86 bits per heavy atom. The Balaban J connectivity index is 0.00000481. The van der Waals surface area contributed by atoms with Gasteiger partial charge in [0.15, 0.2) is 0 Å². The number of hydrogen-bond acceptors (Lipinski definition) is 3. The molecule has 0 amide bonds. The fourth-order valence-electron chi connectivity index (χ4n) is 5.10. The zero-order valence-corrected chi connectivity index (χ0v) is 27.1. The monoisotopic (exact) mass is 635 g/mol. The van der Waals surface area contributed by atoms with Crippen molar-refractivity contribution in [2.24, 2.45) is 0 Å². The first-order valence-corrected chi connectivity index (χ1v) is 15.4. The molecule has 0 saturated heterocycles. The molecule has 0 N–H and O–H groups in total. The number of rotatable bonds is 16. The molecule has 0 bridgehead atoms. The number of hydrogen-bond donors (Lipinski definition) is 0. The lowest BCUT2D eigenvalue weighted by Gasteiger charge is -2.14. The molecule has 1 aliphatic heterocycles. The molecule has 1 aliphatic carbocycles. The molecule has 0 fully saturated rings. The summed E-state index contributed by atoms with van der Waals surface area (Å²) in [6.45, 7) is 2.30. The highest BCUT2D eigenvalue weighted by molar-refractivity contribution is 7.21. The molecular weight excluding hydrogens is 585 g/mol. The average Bonchev–Trinajstić information content (AvgIpc) is 2.86. The Morgan fingerprint density at radius 1 is 0.757 bits per heavy atom. The minimum Gasteiger partial charge on any atom is -1.00 e. The normalized spacial score (nSPS) is 11.2. The van der Waals surface area contributed by atoms with Gasteiger partial charge in [0.05, 0.1) is 20.8 Å². The summed E-state index contributed by atoms with van der Waals surface area (Å²) in [6, 6.07) is 11.3. The van der Waals surface area contributed by atoms with Crippen LogP contribution in [0.4, 0.5) is 5.69 Å². The third-order valence-corrected chi connectivity index (χ3v) is 8.46. The number of anilines is 1. The van der Waals surface area contributed by atoms with Crippen LogP contribution >= 0.6 is 11.3 Å². The molecule has 0 atom stereocenters. The number of unbranched alkanes of at least 4 members (excludes halogenated alkanes) is 13. The van der Waals surface area contributed by atoms with Crippen LogP contribution in [0.1, 0.15) is 102 Å². The number of benzene rings is 2. The summed E-state index contributed by atoms with van der Waals surface area (Å²) in [6.07, 6.45) is 20.8. The standard InChI is InChI=1S/C32H50N3S.HI/c1-6-7-8-9-10-11-12-13-14-15-16-17-18-19-20-26-23-29-32(25-30(26)35(4)5)36-31-24-27(34(2)3)21-22-28(31)33-29;/h21-25H,6-20H2,1-5H3;1H/q+1;/p-1. The van der Waals surface area contributed by atoms with E-state index < -0.39 is 0 Å². The van der Waals surface area contributed by atoms with Crippen LogP contribution in [0.3, 0.4) is 0 Å². The molecule has 0 spiro atoms. The highest BCUT2D eigenvalue weighted by Gasteiger charge is 2.14. The summed E-state index contributed by atoms with van der Waals surface area (Å²) < 4.78 is 3.52. The summed E-state index contributed by atoms with van der Waals surface area (Å²) in [7, 11) is 8.51. The molecule has 3 rings (SSSR count). The maximum Gasteiger partial charge on any atom is 0.204 e. The van der Waals surface area contributed by atoms with Crippen LogP contribution in [0.15, 0.2) is 30.3 Å². The summed E-state index contributed by atoms with van der Waals surface area (Å²) in [5.74, 6) is 0. The van der Waals surface area contributed by atoms with Crippen LogP contribution in [-0.2, 0) is 6.42 Å². The molecule has 1 heterocycles. The van der Waals surface area contributed by atoms with E-state index >= 15 is 0 Å². The van der Waals surface area contributed by atoms with Crippen molar-refractivity contribution in [3.05, 3.63) is 41.3 Å². The fraction of sp³-hybridized carbons (Fsp3) is 0.625. The van der Waals surface area contributed by atoms with Gasteiger partial charge in [0, 0.05) is 31.4 Å². The van der Waals surface area contributed by atoms with Crippen LogP contribution in [0.25, 0.3) is 20.8 Å². The first kappa shape index (κ1) is 32.0. The van der Waals surface area contributed by atoms with Gasteiger partial charge in [-0.15, -0.1) is 11.3 Å². The second-order valence-electron chi connectivity index (χ2n) is 10.9. The molecule has 37 heavy (non-hydrogen) atoms. The molecule has 2 aliphatic rings. The minimum atomic E-state index is 0. The van der Waals surface area contributed by atoms with Crippen molar-refractivity contribution < 1.29 is 24.0 Å². The number of halogens is 1. The maximum atomic E-state index is 5.03. The third-order valence-electron chi connectivity index (χ3n) is 7.36. The second-order valence-corrected chi connectivity index (χ2v) is 12.0. The zero-order chi connectivity index (χ0) is 25.8. The van der Waals surface area contributed by atoms with Crippen LogP contribution in [0.5, 0.6) is 0 Å². The number of nitrogens with zero attached hydrogens (tertiary/aromatic N) is 3. The molecule has 5 heteroatoms. The molecule has 0 aromatic heterocycles. The second kappa shape index (κ2) is 17.4. The van der Waals surface area contributed by atoms with E-state index in [0.29, 0.717) is 0 Å². The predicted molar refractivity (Wildman–Crippen MR) is 162 cm³/mol. The largest absolute Gasteiger partial charge is 1.00 e. The molecular formula is C32H50IN3S. The third kappa shape index (κ3) is 10.5. The minimum absolute atomic E-state index is 0. The molecule has 3 nitrogen and oxygen atoms in total. The summed E-state index contributed by atoms with van der Waals surface area (Å²) in [5, 5.41) is 1.35. The van der Waals surface area contributed by atoms with Crippen molar-refractivity contribution >= 4 is 27.2 Å². The van der Waals surface area contributed by atoms with Gasteiger partial charge in [-0.1, -0.05) is 90.4 Å². The quantitative estimate of drug-likeness (QED) is 0.0894.